The normalized spacial score (nSPS) is 16.2. The van der Waals surface area contributed by atoms with E-state index in [4.69, 9.17) is 4.74 Å². The lowest BCUT2D eigenvalue weighted by Gasteiger charge is -2.37. The summed E-state index contributed by atoms with van der Waals surface area (Å²) in [5.74, 6) is -0.301. The number of hydrogen-bond donors (Lipinski definition) is 2. The molecule has 3 rings (SSSR count). The molecule has 6 nitrogen and oxygen atoms in total. The van der Waals surface area contributed by atoms with E-state index in [-0.39, 0.29) is 16.2 Å². The topological polar surface area (TPSA) is 84.5 Å². The lowest BCUT2D eigenvalue weighted by molar-refractivity contribution is -0.0965. The van der Waals surface area contributed by atoms with Gasteiger partial charge in [-0.15, -0.1) is 11.3 Å². The van der Waals surface area contributed by atoms with Gasteiger partial charge in [0, 0.05) is 22.4 Å². The lowest BCUT2D eigenvalue weighted by atomic mass is 9.89. The van der Waals surface area contributed by atoms with Gasteiger partial charge in [-0.25, -0.2) is 13.1 Å². The Morgan fingerprint density at radius 2 is 2.08 bits per heavy atom. The molecule has 0 bridgehead atoms. The van der Waals surface area contributed by atoms with E-state index in [2.05, 4.69) is 10.0 Å². The summed E-state index contributed by atoms with van der Waals surface area (Å²) in [5.41, 5.74) is 0.153. The van der Waals surface area contributed by atoms with Gasteiger partial charge in [0.25, 0.3) is 5.91 Å². The molecule has 1 aromatic heterocycles. The predicted molar refractivity (Wildman–Crippen MR) is 96.0 cm³/mol. The van der Waals surface area contributed by atoms with E-state index in [1.54, 1.807) is 23.5 Å². The van der Waals surface area contributed by atoms with Crippen LogP contribution in [0.5, 0.6) is 0 Å². The molecule has 1 fully saturated rings. The number of thiophene rings is 1. The van der Waals surface area contributed by atoms with Crippen LogP contribution in [-0.4, -0.2) is 34.1 Å². The molecule has 134 valence electrons. The Kier molecular flexibility index (Phi) is 5.24. The van der Waals surface area contributed by atoms with Crippen molar-refractivity contribution in [1.29, 1.82) is 0 Å². The lowest BCUT2D eigenvalue weighted by Crippen LogP contribution is -2.48. The average molecular weight is 380 g/mol. The van der Waals surface area contributed by atoms with Crippen LogP contribution < -0.4 is 10.0 Å². The number of sulfonamides is 1. The van der Waals surface area contributed by atoms with Crippen LogP contribution in [-0.2, 0) is 21.3 Å². The fraction of sp³-hybridized carbons (Fsp3) is 0.353. The first-order chi connectivity index (χ1) is 11.9. The van der Waals surface area contributed by atoms with Crippen LogP contribution in [0.15, 0.2) is 46.7 Å². The number of amides is 1. The van der Waals surface area contributed by atoms with Gasteiger partial charge < -0.3 is 10.1 Å². The van der Waals surface area contributed by atoms with E-state index in [0.717, 1.165) is 4.88 Å². The Balaban J connectivity index is 1.66. The minimum absolute atomic E-state index is 0.0834. The minimum atomic E-state index is -3.67. The second-order valence-corrected chi connectivity index (χ2v) is 9.22. The Hall–Kier alpha value is -1.74. The number of ether oxygens (including phenoxy) is 1. The molecule has 1 aliphatic rings. The smallest absolute Gasteiger partial charge is 0.251 e. The maximum absolute atomic E-state index is 12.5. The molecule has 2 aromatic rings. The fourth-order valence-electron chi connectivity index (χ4n) is 2.39. The molecule has 2 N–H and O–H groups in total. The first-order valence-electron chi connectivity index (χ1n) is 7.86. The molecule has 0 atom stereocenters. The standard InChI is InChI=1S/C17H20N2O4S2/c1-17(11-23-12-17)10-19-25(21,22)15-6-2-4-13(8-15)16(20)18-9-14-5-3-7-24-14/h2-8,19H,9-12H2,1H3,(H,18,20). The van der Waals surface area contributed by atoms with Crippen molar-refractivity contribution in [2.24, 2.45) is 5.41 Å². The number of benzene rings is 1. The summed E-state index contributed by atoms with van der Waals surface area (Å²) in [4.78, 5) is 13.4. The van der Waals surface area contributed by atoms with Gasteiger partial charge in [0.05, 0.1) is 24.7 Å². The number of carbonyl (C=O) groups excluding carboxylic acids is 1. The number of hydrogen-bond acceptors (Lipinski definition) is 5. The third-order valence-electron chi connectivity index (χ3n) is 4.00. The minimum Gasteiger partial charge on any atom is -0.380 e. The van der Waals surface area contributed by atoms with E-state index in [1.165, 1.54) is 12.1 Å². The molecule has 0 unspecified atom stereocenters. The van der Waals surface area contributed by atoms with Crippen LogP contribution >= 0.6 is 11.3 Å². The molecule has 0 radical (unpaired) electrons. The maximum Gasteiger partial charge on any atom is 0.251 e. The molecular formula is C17H20N2O4S2. The highest BCUT2D eigenvalue weighted by Crippen LogP contribution is 2.26. The number of carbonyl (C=O) groups is 1. The molecule has 0 aliphatic carbocycles. The van der Waals surface area contributed by atoms with Gasteiger partial charge in [-0.2, -0.15) is 0 Å². The van der Waals surface area contributed by atoms with E-state index < -0.39 is 10.0 Å². The van der Waals surface area contributed by atoms with E-state index >= 15 is 0 Å². The zero-order valence-corrected chi connectivity index (χ0v) is 15.5. The van der Waals surface area contributed by atoms with Gasteiger partial charge in [0.15, 0.2) is 0 Å². The van der Waals surface area contributed by atoms with E-state index in [1.807, 2.05) is 24.4 Å². The van der Waals surface area contributed by atoms with Gasteiger partial charge in [-0.3, -0.25) is 4.79 Å². The Bertz CT molecular complexity index is 843. The van der Waals surface area contributed by atoms with Gasteiger partial charge >= 0.3 is 0 Å². The maximum atomic E-state index is 12.5. The summed E-state index contributed by atoms with van der Waals surface area (Å²) in [6, 6.07) is 9.90. The summed E-state index contributed by atoms with van der Waals surface area (Å²) in [6.45, 7) is 3.78. The molecular weight excluding hydrogens is 360 g/mol. The molecule has 0 saturated carbocycles. The van der Waals surface area contributed by atoms with Crippen molar-refractivity contribution in [3.05, 3.63) is 52.2 Å². The number of nitrogens with one attached hydrogen (secondary N) is 2. The van der Waals surface area contributed by atoms with Crippen LogP contribution in [0, 0.1) is 5.41 Å². The molecule has 1 amide bonds. The van der Waals surface area contributed by atoms with E-state index in [0.29, 0.717) is 31.9 Å². The van der Waals surface area contributed by atoms with Crippen LogP contribution in [0.4, 0.5) is 0 Å². The third-order valence-corrected chi connectivity index (χ3v) is 6.28. The quantitative estimate of drug-likeness (QED) is 0.769. The molecule has 1 saturated heterocycles. The Morgan fingerprint density at radius 3 is 2.72 bits per heavy atom. The monoisotopic (exact) mass is 380 g/mol. The fourth-order valence-corrected chi connectivity index (χ4v) is 4.28. The van der Waals surface area contributed by atoms with Gasteiger partial charge in [0.2, 0.25) is 10.0 Å². The highest BCUT2D eigenvalue weighted by Gasteiger charge is 2.34. The molecule has 1 aromatic carbocycles. The third kappa shape index (κ3) is 4.46. The van der Waals surface area contributed by atoms with Crippen LogP contribution in [0.3, 0.4) is 0 Å². The van der Waals surface area contributed by atoms with Crippen molar-refractivity contribution in [1.82, 2.24) is 10.0 Å². The first kappa shape index (κ1) is 18.1. The molecule has 0 spiro atoms. The highest BCUT2D eigenvalue weighted by atomic mass is 32.2. The van der Waals surface area contributed by atoms with Gasteiger partial charge in [0.1, 0.15) is 0 Å². The zero-order valence-electron chi connectivity index (χ0n) is 13.8. The second-order valence-electron chi connectivity index (χ2n) is 6.42. The number of rotatable bonds is 7. The summed E-state index contributed by atoms with van der Waals surface area (Å²) >= 11 is 1.55. The van der Waals surface area contributed by atoms with Crippen molar-refractivity contribution < 1.29 is 17.9 Å². The van der Waals surface area contributed by atoms with Crippen molar-refractivity contribution >= 4 is 27.3 Å². The molecule has 1 aliphatic heterocycles. The first-order valence-corrected chi connectivity index (χ1v) is 10.2. The van der Waals surface area contributed by atoms with Crippen LogP contribution in [0.25, 0.3) is 0 Å². The van der Waals surface area contributed by atoms with Crippen molar-refractivity contribution in [3.8, 4) is 0 Å². The predicted octanol–water partition coefficient (Wildman–Crippen LogP) is 1.99. The SMILES string of the molecule is CC1(CNS(=O)(=O)c2cccc(C(=O)NCc3cccs3)c2)COC1. The van der Waals surface area contributed by atoms with Gasteiger partial charge in [-0.1, -0.05) is 19.1 Å². The highest BCUT2D eigenvalue weighted by molar-refractivity contribution is 7.89. The zero-order chi connectivity index (χ0) is 17.9. The average Bonchev–Trinajstić information content (AvgIpc) is 3.10. The van der Waals surface area contributed by atoms with Gasteiger partial charge in [-0.05, 0) is 29.6 Å². The second kappa shape index (κ2) is 7.25. The van der Waals surface area contributed by atoms with Crippen LogP contribution in [0.2, 0.25) is 0 Å². The van der Waals surface area contributed by atoms with Crippen LogP contribution in [0.1, 0.15) is 22.2 Å². The molecule has 25 heavy (non-hydrogen) atoms. The summed E-state index contributed by atoms with van der Waals surface area (Å²) in [6.07, 6.45) is 0. The summed E-state index contributed by atoms with van der Waals surface area (Å²) in [5, 5.41) is 4.73. The molecule has 8 heteroatoms. The van der Waals surface area contributed by atoms with Crippen molar-refractivity contribution in [2.75, 3.05) is 19.8 Å². The summed E-state index contributed by atoms with van der Waals surface area (Å²) in [7, 11) is -3.67. The van der Waals surface area contributed by atoms with E-state index in [9.17, 15) is 13.2 Å². The Morgan fingerprint density at radius 1 is 1.28 bits per heavy atom. The summed E-state index contributed by atoms with van der Waals surface area (Å²) < 4.78 is 32.6. The largest absolute Gasteiger partial charge is 0.380 e. The molecule has 2 heterocycles. The van der Waals surface area contributed by atoms with Crippen molar-refractivity contribution in [2.45, 2.75) is 18.4 Å². The van der Waals surface area contributed by atoms with Crippen molar-refractivity contribution in [3.63, 3.8) is 0 Å². The Labute approximate surface area is 151 Å².